The summed E-state index contributed by atoms with van der Waals surface area (Å²) in [5.74, 6) is 6.59. The predicted octanol–water partition coefficient (Wildman–Crippen LogP) is 6.09. The molecule has 0 unspecified atom stereocenters. The molecule has 0 saturated heterocycles. The van der Waals surface area contributed by atoms with Gasteiger partial charge in [0.25, 0.3) is 0 Å². The maximum Gasteiger partial charge on any atom is 0.343 e. The largest absolute Gasteiger partial charge is 0.423 e. The topological polar surface area (TPSA) is 26.3 Å². The standard InChI is InChI=1S/C29H22O2/c30-29(31-28-9-5-2-6-10-28)27-21-19-26(20-22-27)18-17-25-15-13-24(14-16-25)12-11-23-7-3-1-4-8-23/h1-10,13-16,19-22H,17-18H2. The SMILES string of the molecule is O=C(Oc1ccccc1)c1ccc(CCc2ccc(C#Cc3ccccc3)cc2)cc1. The lowest BCUT2D eigenvalue weighted by molar-refractivity contribution is 0.0735. The van der Waals surface area contributed by atoms with Gasteiger partial charge in [-0.3, -0.25) is 0 Å². The molecule has 0 atom stereocenters. The summed E-state index contributed by atoms with van der Waals surface area (Å²) in [6, 6.07) is 35.1. The van der Waals surface area contributed by atoms with E-state index >= 15 is 0 Å². The van der Waals surface area contributed by atoms with Crippen LogP contribution in [0.25, 0.3) is 0 Å². The Hall–Kier alpha value is -4.09. The lowest BCUT2D eigenvalue weighted by Gasteiger charge is -2.06. The Kier molecular flexibility index (Phi) is 6.58. The minimum atomic E-state index is -0.343. The van der Waals surface area contributed by atoms with Crippen LogP contribution in [0.2, 0.25) is 0 Å². The maximum atomic E-state index is 12.2. The molecule has 4 aromatic carbocycles. The van der Waals surface area contributed by atoms with Crippen LogP contribution in [-0.2, 0) is 12.8 Å². The molecule has 0 bridgehead atoms. The van der Waals surface area contributed by atoms with Gasteiger partial charge in [0.15, 0.2) is 0 Å². The highest BCUT2D eigenvalue weighted by Crippen LogP contribution is 2.14. The Balaban J connectivity index is 1.31. The van der Waals surface area contributed by atoms with Crippen molar-refractivity contribution in [2.75, 3.05) is 0 Å². The fraction of sp³-hybridized carbons (Fsp3) is 0.0690. The Morgan fingerprint density at radius 3 is 1.65 bits per heavy atom. The lowest BCUT2D eigenvalue weighted by Crippen LogP contribution is -2.08. The van der Waals surface area contributed by atoms with Crippen molar-refractivity contribution in [3.05, 3.63) is 137 Å². The van der Waals surface area contributed by atoms with Gasteiger partial charge >= 0.3 is 5.97 Å². The summed E-state index contributed by atoms with van der Waals surface area (Å²) in [5.41, 5.74) is 5.02. The summed E-state index contributed by atoms with van der Waals surface area (Å²) in [6.45, 7) is 0. The number of ether oxygens (including phenoxy) is 1. The van der Waals surface area contributed by atoms with Crippen LogP contribution in [0.1, 0.15) is 32.6 Å². The summed E-state index contributed by atoms with van der Waals surface area (Å²) in [7, 11) is 0. The highest BCUT2D eigenvalue weighted by atomic mass is 16.5. The molecule has 0 saturated carbocycles. The smallest absolute Gasteiger partial charge is 0.343 e. The molecule has 0 spiro atoms. The van der Waals surface area contributed by atoms with E-state index in [9.17, 15) is 4.79 Å². The number of rotatable bonds is 5. The number of para-hydroxylation sites is 1. The van der Waals surface area contributed by atoms with E-state index in [0.717, 1.165) is 24.0 Å². The third-order valence-electron chi connectivity index (χ3n) is 4.92. The van der Waals surface area contributed by atoms with Crippen LogP contribution in [0.3, 0.4) is 0 Å². The Bertz CT molecular complexity index is 1180. The Morgan fingerprint density at radius 2 is 1.06 bits per heavy atom. The second-order valence-corrected chi connectivity index (χ2v) is 7.21. The van der Waals surface area contributed by atoms with Gasteiger partial charge in [0.1, 0.15) is 5.75 Å². The summed E-state index contributed by atoms with van der Waals surface area (Å²) in [4.78, 5) is 12.2. The van der Waals surface area contributed by atoms with Gasteiger partial charge in [-0.25, -0.2) is 4.79 Å². The highest BCUT2D eigenvalue weighted by molar-refractivity contribution is 5.91. The zero-order valence-electron chi connectivity index (χ0n) is 17.1. The van der Waals surface area contributed by atoms with Crippen LogP contribution in [0.15, 0.2) is 109 Å². The molecule has 31 heavy (non-hydrogen) atoms. The third kappa shape index (κ3) is 5.95. The quantitative estimate of drug-likeness (QED) is 0.229. The molecule has 0 aliphatic rings. The van der Waals surface area contributed by atoms with Gasteiger partial charge in [-0.15, -0.1) is 0 Å². The average molecular weight is 402 g/mol. The van der Waals surface area contributed by atoms with Gasteiger partial charge in [0, 0.05) is 11.1 Å². The average Bonchev–Trinajstić information content (AvgIpc) is 2.84. The molecule has 150 valence electrons. The molecule has 2 nitrogen and oxygen atoms in total. The molecule has 0 heterocycles. The van der Waals surface area contributed by atoms with Crippen molar-refractivity contribution in [1.82, 2.24) is 0 Å². The molecular formula is C29H22O2. The van der Waals surface area contributed by atoms with Gasteiger partial charge in [0.2, 0.25) is 0 Å². The van der Waals surface area contributed by atoms with E-state index in [2.05, 4.69) is 36.1 Å². The van der Waals surface area contributed by atoms with Crippen molar-refractivity contribution < 1.29 is 9.53 Å². The summed E-state index contributed by atoms with van der Waals surface area (Å²) in [5, 5.41) is 0. The zero-order chi connectivity index (χ0) is 21.3. The number of benzene rings is 4. The fourth-order valence-electron chi connectivity index (χ4n) is 3.17. The Labute approximate surface area is 183 Å². The normalized spacial score (nSPS) is 10.1. The summed E-state index contributed by atoms with van der Waals surface area (Å²) in [6.07, 6.45) is 1.84. The molecule has 0 amide bonds. The summed E-state index contributed by atoms with van der Waals surface area (Å²) >= 11 is 0. The summed E-state index contributed by atoms with van der Waals surface area (Å²) < 4.78 is 5.38. The van der Waals surface area contributed by atoms with Crippen LogP contribution in [0.4, 0.5) is 0 Å². The molecule has 4 aromatic rings. The van der Waals surface area contributed by atoms with E-state index in [1.165, 1.54) is 11.1 Å². The van der Waals surface area contributed by atoms with Gasteiger partial charge in [-0.05, 0) is 72.5 Å². The number of carbonyl (C=O) groups excluding carboxylic acids is 1. The minimum absolute atomic E-state index is 0.343. The molecule has 0 aliphatic carbocycles. The molecule has 0 aromatic heterocycles. The first kappa shape index (κ1) is 20.2. The van der Waals surface area contributed by atoms with E-state index in [1.54, 1.807) is 12.1 Å². The van der Waals surface area contributed by atoms with Gasteiger partial charge in [-0.1, -0.05) is 72.5 Å². The second-order valence-electron chi connectivity index (χ2n) is 7.21. The number of hydrogen-bond donors (Lipinski definition) is 0. The first-order valence-corrected chi connectivity index (χ1v) is 10.3. The molecule has 0 radical (unpaired) electrons. The Morgan fingerprint density at radius 1 is 0.581 bits per heavy atom. The zero-order valence-corrected chi connectivity index (χ0v) is 17.1. The molecule has 0 fully saturated rings. The van der Waals surface area contributed by atoms with Crippen LogP contribution in [-0.4, -0.2) is 5.97 Å². The molecule has 0 N–H and O–H groups in total. The molecule has 0 aliphatic heterocycles. The van der Waals surface area contributed by atoms with Crippen molar-refractivity contribution in [1.29, 1.82) is 0 Å². The third-order valence-corrected chi connectivity index (χ3v) is 4.92. The monoisotopic (exact) mass is 402 g/mol. The van der Waals surface area contributed by atoms with Crippen molar-refractivity contribution in [3.8, 4) is 17.6 Å². The first-order chi connectivity index (χ1) is 15.3. The molecule has 4 rings (SSSR count). The van der Waals surface area contributed by atoms with Crippen LogP contribution in [0, 0.1) is 11.8 Å². The predicted molar refractivity (Wildman–Crippen MR) is 124 cm³/mol. The molecular weight excluding hydrogens is 380 g/mol. The van der Waals surface area contributed by atoms with Crippen LogP contribution >= 0.6 is 0 Å². The maximum absolute atomic E-state index is 12.2. The molecule has 2 heteroatoms. The van der Waals surface area contributed by atoms with Crippen molar-refractivity contribution in [2.45, 2.75) is 12.8 Å². The van der Waals surface area contributed by atoms with Gasteiger partial charge in [0.05, 0.1) is 5.56 Å². The number of esters is 1. The van der Waals surface area contributed by atoms with E-state index in [0.29, 0.717) is 11.3 Å². The highest BCUT2D eigenvalue weighted by Gasteiger charge is 2.08. The number of carbonyl (C=O) groups is 1. The van der Waals surface area contributed by atoms with Gasteiger partial charge in [-0.2, -0.15) is 0 Å². The number of aryl methyl sites for hydroxylation is 2. The van der Waals surface area contributed by atoms with Crippen LogP contribution in [0.5, 0.6) is 5.75 Å². The van der Waals surface area contributed by atoms with Crippen molar-refractivity contribution in [2.24, 2.45) is 0 Å². The van der Waals surface area contributed by atoms with Crippen molar-refractivity contribution in [3.63, 3.8) is 0 Å². The van der Waals surface area contributed by atoms with E-state index in [-0.39, 0.29) is 5.97 Å². The van der Waals surface area contributed by atoms with Gasteiger partial charge < -0.3 is 4.74 Å². The van der Waals surface area contributed by atoms with E-state index < -0.39 is 0 Å². The van der Waals surface area contributed by atoms with Crippen molar-refractivity contribution >= 4 is 5.97 Å². The van der Waals surface area contributed by atoms with E-state index in [1.807, 2.05) is 72.8 Å². The number of hydrogen-bond acceptors (Lipinski definition) is 2. The fourth-order valence-corrected chi connectivity index (χ4v) is 3.17. The first-order valence-electron chi connectivity index (χ1n) is 10.3. The lowest BCUT2D eigenvalue weighted by atomic mass is 10.0. The van der Waals surface area contributed by atoms with Crippen LogP contribution < -0.4 is 4.74 Å². The van der Waals surface area contributed by atoms with E-state index in [4.69, 9.17) is 4.74 Å². The second kappa shape index (κ2) is 10.1. The minimum Gasteiger partial charge on any atom is -0.423 e.